The van der Waals surface area contributed by atoms with Gasteiger partial charge in [-0.1, -0.05) is 35.6 Å². The lowest BCUT2D eigenvalue weighted by molar-refractivity contribution is -0.122. The minimum Gasteiger partial charge on any atom is -0.507 e. The van der Waals surface area contributed by atoms with Crippen LogP contribution in [0.15, 0.2) is 23.1 Å². The molecule has 2 aliphatic heterocycles. The highest BCUT2D eigenvalue weighted by molar-refractivity contribution is 8.26. The Bertz CT molecular complexity index is 705. The minimum absolute atomic E-state index is 0.0852. The van der Waals surface area contributed by atoms with Crippen molar-refractivity contribution in [1.29, 1.82) is 0 Å². The molecule has 2 aliphatic rings. The molecule has 134 valence electrons. The standard InChI is InChI=1S/C17H19ClN2O3S2/c18-13-2-3-14(21)12(10-13)11-15-16(22)20(17(24)25-15)5-1-4-19-6-8-23-9-7-19/h2-3,10-11,21H,1,4-9H2. The molecule has 0 radical (unpaired) electrons. The number of carbonyl (C=O) groups is 1. The van der Waals surface area contributed by atoms with Crippen LogP contribution >= 0.6 is 35.6 Å². The summed E-state index contributed by atoms with van der Waals surface area (Å²) < 4.78 is 5.89. The zero-order valence-corrected chi connectivity index (χ0v) is 16.0. The average Bonchev–Trinajstić information content (AvgIpc) is 2.86. The Labute approximate surface area is 161 Å². The van der Waals surface area contributed by atoms with Gasteiger partial charge in [0.25, 0.3) is 5.91 Å². The summed E-state index contributed by atoms with van der Waals surface area (Å²) in [5.41, 5.74) is 0.515. The number of carbonyl (C=O) groups excluding carboxylic acids is 1. The van der Waals surface area contributed by atoms with Crippen molar-refractivity contribution < 1.29 is 14.6 Å². The normalized spacial score (nSPS) is 20.7. The maximum absolute atomic E-state index is 12.6. The van der Waals surface area contributed by atoms with Crippen LogP contribution in [0.4, 0.5) is 0 Å². The zero-order chi connectivity index (χ0) is 17.8. The molecule has 0 aromatic heterocycles. The predicted molar refractivity (Wildman–Crippen MR) is 105 cm³/mol. The summed E-state index contributed by atoms with van der Waals surface area (Å²) in [6, 6.07) is 4.74. The van der Waals surface area contributed by atoms with Crippen molar-refractivity contribution >= 4 is 51.9 Å². The number of hydrogen-bond donors (Lipinski definition) is 1. The maximum Gasteiger partial charge on any atom is 0.266 e. The summed E-state index contributed by atoms with van der Waals surface area (Å²) in [5, 5.41) is 10.4. The molecule has 2 fully saturated rings. The fourth-order valence-electron chi connectivity index (χ4n) is 2.75. The van der Waals surface area contributed by atoms with E-state index < -0.39 is 0 Å². The number of amides is 1. The first-order chi connectivity index (χ1) is 12.0. The third-order valence-electron chi connectivity index (χ3n) is 4.11. The average molecular weight is 399 g/mol. The van der Waals surface area contributed by atoms with E-state index in [2.05, 4.69) is 4.90 Å². The summed E-state index contributed by atoms with van der Waals surface area (Å²) in [7, 11) is 0. The highest BCUT2D eigenvalue weighted by atomic mass is 35.5. The molecule has 0 saturated carbocycles. The van der Waals surface area contributed by atoms with E-state index in [0.717, 1.165) is 39.3 Å². The van der Waals surface area contributed by atoms with Crippen LogP contribution in [0.2, 0.25) is 5.02 Å². The third-order valence-corrected chi connectivity index (χ3v) is 5.72. The molecule has 0 bridgehead atoms. The molecular weight excluding hydrogens is 380 g/mol. The van der Waals surface area contributed by atoms with E-state index in [1.54, 1.807) is 23.1 Å². The molecule has 0 spiro atoms. The molecule has 1 aromatic rings. The molecule has 25 heavy (non-hydrogen) atoms. The fraction of sp³-hybridized carbons (Fsp3) is 0.412. The van der Waals surface area contributed by atoms with Crippen LogP contribution in [0, 0.1) is 0 Å². The van der Waals surface area contributed by atoms with Gasteiger partial charge in [-0.2, -0.15) is 0 Å². The highest BCUT2D eigenvalue weighted by Crippen LogP contribution is 2.34. The number of ether oxygens (including phenoxy) is 1. The van der Waals surface area contributed by atoms with Crippen molar-refractivity contribution in [2.75, 3.05) is 39.4 Å². The summed E-state index contributed by atoms with van der Waals surface area (Å²) in [6.07, 6.45) is 2.50. The van der Waals surface area contributed by atoms with Gasteiger partial charge in [0.1, 0.15) is 10.1 Å². The smallest absolute Gasteiger partial charge is 0.266 e. The molecule has 1 aromatic carbocycles. The number of aromatic hydroxyl groups is 1. The van der Waals surface area contributed by atoms with Gasteiger partial charge >= 0.3 is 0 Å². The second-order valence-corrected chi connectivity index (χ2v) is 7.96. The summed E-state index contributed by atoms with van der Waals surface area (Å²) in [5.74, 6) is -0.0293. The number of phenols is 1. The van der Waals surface area contributed by atoms with Crippen molar-refractivity contribution in [2.24, 2.45) is 0 Å². The van der Waals surface area contributed by atoms with Crippen molar-refractivity contribution in [3.8, 4) is 5.75 Å². The van der Waals surface area contributed by atoms with Crippen LogP contribution in [0.5, 0.6) is 5.75 Å². The number of hydrogen-bond acceptors (Lipinski definition) is 6. The lowest BCUT2D eigenvalue weighted by Gasteiger charge is -2.27. The molecule has 0 aliphatic carbocycles. The van der Waals surface area contributed by atoms with Crippen LogP contribution in [0.25, 0.3) is 6.08 Å². The quantitative estimate of drug-likeness (QED) is 0.608. The Hall–Kier alpha value is -1.12. The Morgan fingerprint density at radius 2 is 2.08 bits per heavy atom. The summed E-state index contributed by atoms with van der Waals surface area (Å²) >= 11 is 12.6. The molecule has 0 unspecified atom stereocenters. The number of thiocarbonyl (C=S) groups is 1. The van der Waals surface area contributed by atoms with E-state index in [1.165, 1.54) is 17.8 Å². The topological polar surface area (TPSA) is 53.0 Å². The van der Waals surface area contributed by atoms with Gasteiger partial charge in [-0.25, -0.2) is 0 Å². The van der Waals surface area contributed by atoms with E-state index >= 15 is 0 Å². The van der Waals surface area contributed by atoms with Crippen LogP contribution in [-0.2, 0) is 9.53 Å². The first-order valence-electron chi connectivity index (χ1n) is 8.08. The van der Waals surface area contributed by atoms with E-state index in [-0.39, 0.29) is 11.7 Å². The van der Waals surface area contributed by atoms with E-state index in [1.807, 2.05) is 0 Å². The SMILES string of the molecule is O=C1C(=Cc2cc(Cl)ccc2O)SC(=S)N1CCCN1CCOCC1. The van der Waals surface area contributed by atoms with Crippen LogP contribution in [-0.4, -0.2) is 64.5 Å². The molecule has 8 heteroatoms. The molecule has 2 heterocycles. The lowest BCUT2D eigenvalue weighted by Crippen LogP contribution is -2.38. The number of halogens is 1. The Morgan fingerprint density at radius 3 is 2.84 bits per heavy atom. The van der Waals surface area contributed by atoms with Crippen molar-refractivity contribution in [2.45, 2.75) is 6.42 Å². The van der Waals surface area contributed by atoms with Gasteiger partial charge in [0.2, 0.25) is 0 Å². The van der Waals surface area contributed by atoms with Gasteiger partial charge in [0.15, 0.2) is 0 Å². The molecule has 2 saturated heterocycles. The Kier molecular flexibility index (Phi) is 6.35. The predicted octanol–water partition coefficient (Wildman–Crippen LogP) is 2.97. The van der Waals surface area contributed by atoms with Crippen molar-refractivity contribution in [3.05, 3.63) is 33.7 Å². The third kappa shape index (κ3) is 4.74. The van der Waals surface area contributed by atoms with Crippen molar-refractivity contribution in [1.82, 2.24) is 9.80 Å². The van der Waals surface area contributed by atoms with Crippen LogP contribution in [0.1, 0.15) is 12.0 Å². The lowest BCUT2D eigenvalue weighted by atomic mass is 10.2. The van der Waals surface area contributed by atoms with Crippen molar-refractivity contribution in [3.63, 3.8) is 0 Å². The van der Waals surface area contributed by atoms with E-state index in [4.69, 9.17) is 28.6 Å². The van der Waals surface area contributed by atoms with Crippen LogP contribution in [0.3, 0.4) is 0 Å². The monoisotopic (exact) mass is 398 g/mol. The molecule has 5 nitrogen and oxygen atoms in total. The number of phenolic OH excluding ortho intramolecular Hbond substituents is 1. The Morgan fingerprint density at radius 1 is 1.32 bits per heavy atom. The number of thioether (sulfide) groups is 1. The number of rotatable bonds is 5. The van der Waals surface area contributed by atoms with Gasteiger partial charge in [0.05, 0.1) is 18.1 Å². The minimum atomic E-state index is -0.114. The fourth-order valence-corrected chi connectivity index (χ4v) is 4.23. The van der Waals surface area contributed by atoms with E-state index in [9.17, 15) is 9.90 Å². The van der Waals surface area contributed by atoms with E-state index in [0.29, 0.717) is 26.4 Å². The van der Waals surface area contributed by atoms with Gasteiger partial charge < -0.3 is 9.84 Å². The molecule has 0 atom stereocenters. The van der Waals surface area contributed by atoms with Gasteiger partial charge in [-0.3, -0.25) is 14.6 Å². The molecule has 1 amide bonds. The number of nitrogens with zero attached hydrogens (tertiary/aromatic N) is 2. The van der Waals surface area contributed by atoms with Crippen LogP contribution < -0.4 is 0 Å². The summed E-state index contributed by atoms with van der Waals surface area (Å²) in [4.78, 5) is 17.1. The number of benzene rings is 1. The molecule has 3 rings (SSSR count). The van der Waals surface area contributed by atoms with Gasteiger partial charge in [-0.05, 0) is 30.7 Å². The number of morpholine rings is 1. The molecule has 1 N–H and O–H groups in total. The second kappa shape index (κ2) is 8.51. The highest BCUT2D eigenvalue weighted by Gasteiger charge is 2.31. The zero-order valence-electron chi connectivity index (χ0n) is 13.6. The maximum atomic E-state index is 12.6. The second-order valence-electron chi connectivity index (χ2n) is 5.84. The first-order valence-corrected chi connectivity index (χ1v) is 9.69. The summed E-state index contributed by atoms with van der Waals surface area (Å²) in [6.45, 7) is 4.94. The van der Waals surface area contributed by atoms with Gasteiger partial charge in [0, 0.05) is 36.8 Å². The Balaban J connectivity index is 1.61. The molecular formula is C17H19ClN2O3S2. The largest absolute Gasteiger partial charge is 0.507 e. The first kappa shape index (κ1) is 18.7. The van der Waals surface area contributed by atoms with Gasteiger partial charge in [-0.15, -0.1) is 0 Å².